The summed E-state index contributed by atoms with van der Waals surface area (Å²) in [4.78, 5) is 3.86. The summed E-state index contributed by atoms with van der Waals surface area (Å²) in [6.07, 6.45) is 3.19. The van der Waals surface area contributed by atoms with Crippen molar-refractivity contribution < 1.29 is 0 Å². The summed E-state index contributed by atoms with van der Waals surface area (Å²) >= 11 is 5.68. The van der Waals surface area contributed by atoms with Gasteiger partial charge in [-0.3, -0.25) is 4.40 Å². The van der Waals surface area contributed by atoms with Gasteiger partial charge >= 0.3 is 0 Å². The standard InChI is InChI=1S/C6H6ClN5/c7-4-3-12-5(1-8)10-11-6(12)2-9-4/h2-3H,1,8H2. The fourth-order valence-corrected chi connectivity index (χ4v) is 1.11. The molecule has 0 fully saturated rings. The molecule has 0 aliphatic rings. The smallest absolute Gasteiger partial charge is 0.179 e. The van der Waals surface area contributed by atoms with Gasteiger partial charge in [0, 0.05) is 6.20 Å². The van der Waals surface area contributed by atoms with Gasteiger partial charge in [-0.15, -0.1) is 10.2 Å². The van der Waals surface area contributed by atoms with Crippen LogP contribution < -0.4 is 5.73 Å². The maximum absolute atomic E-state index is 5.68. The molecule has 0 aliphatic carbocycles. The Bertz CT molecular complexity index is 409. The average Bonchev–Trinajstić information content (AvgIpc) is 2.46. The Kier molecular flexibility index (Phi) is 1.67. The van der Waals surface area contributed by atoms with Crippen molar-refractivity contribution in [1.82, 2.24) is 19.6 Å². The van der Waals surface area contributed by atoms with Gasteiger partial charge in [-0.25, -0.2) is 4.98 Å². The van der Waals surface area contributed by atoms with Gasteiger partial charge in [0.15, 0.2) is 11.5 Å². The number of fused-ring (bicyclic) bond motifs is 1. The molecule has 2 N–H and O–H groups in total. The summed E-state index contributed by atoms with van der Waals surface area (Å²) in [6, 6.07) is 0. The summed E-state index contributed by atoms with van der Waals surface area (Å²) in [5, 5.41) is 8.09. The average molecular weight is 184 g/mol. The van der Waals surface area contributed by atoms with Crippen molar-refractivity contribution in [2.45, 2.75) is 6.54 Å². The van der Waals surface area contributed by atoms with Gasteiger partial charge in [0.2, 0.25) is 0 Å². The molecule has 2 heterocycles. The van der Waals surface area contributed by atoms with Crippen LogP contribution in [0.1, 0.15) is 5.82 Å². The number of rotatable bonds is 1. The zero-order valence-corrected chi connectivity index (χ0v) is 6.86. The van der Waals surface area contributed by atoms with Crippen molar-refractivity contribution in [3.05, 3.63) is 23.4 Å². The lowest BCUT2D eigenvalue weighted by molar-refractivity contribution is 0.880. The lowest BCUT2D eigenvalue weighted by Crippen LogP contribution is -2.02. The number of aromatic nitrogens is 4. The minimum Gasteiger partial charge on any atom is -0.324 e. The highest BCUT2D eigenvalue weighted by molar-refractivity contribution is 6.29. The second kappa shape index (κ2) is 2.69. The highest BCUT2D eigenvalue weighted by atomic mass is 35.5. The lowest BCUT2D eigenvalue weighted by atomic mass is 10.6. The Labute approximate surface area is 73.2 Å². The Morgan fingerprint density at radius 3 is 3.08 bits per heavy atom. The topological polar surface area (TPSA) is 69.1 Å². The first-order valence-corrected chi connectivity index (χ1v) is 3.74. The van der Waals surface area contributed by atoms with Crippen LogP contribution in [0.3, 0.4) is 0 Å². The maximum atomic E-state index is 5.68. The Morgan fingerprint density at radius 1 is 1.50 bits per heavy atom. The van der Waals surface area contributed by atoms with E-state index in [4.69, 9.17) is 17.3 Å². The van der Waals surface area contributed by atoms with E-state index in [1.165, 1.54) is 0 Å². The van der Waals surface area contributed by atoms with Gasteiger partial charge in [-0.2, -0.15) is 0 Å². The number of hydrogen-bond acceptors (Lipinski definition) is 4. The SMILES string of the molecule is NCc1nnc2cnc(Cl)cn12. The monoisotopic (exact) mass is 183 g/mol. The Morgan fingerprint density at radius 2 is 2.33 bits per heavy atom. The molecule has 0 unspecified atom stereocenters. The Balaban J connectivity index is 2.75. The summed E-state index contributed by atoms with van der Waals surface area (Å²) in [5.74, 6) is 0.675. The zero-order valence-electron chi connectivity index (χ0n) is 6.11. The van der Waals surface area contributed by atoms with Crippen molar-refractivity contribution in [3.63, 3.8) is 0 Å². The molecule has 62 valence electrons. The fourth-order valence-electron chi connectivity index (χ4n) is 0.965. The van der Waals surface area contributed by atoms with E-state index in [0.717, 1.165) is 0 Å². The van der Waals surface area contributed by atoms with E-state index in [-0.39, 0.29) is 0 Å². The van der Waals surface area contributed by atoms with Crippen LogP contribution in [0.2, 0.25) is 5.15 Å². The van der Waals surface area contributed by atoms with Gasteiger partial charge in [-0.1, -0.05) is 11.6 Å². The third-order valence-corrected chi connectivity index (χ3v) is 1.71. The highest BCUT2D eigenvalue weighted by Crippen LogP contribution is 2.06. The van der Waals surface area contributed by atoms with E-state index in [2.05, 4.69) is 15.2 Å². The first-order chi connectivity index (χ1) is 5.81. The van der Waals surface area contributed by atoms with Gasteiger partial charge in [0.1, 0.15) is 5.15 Å². The zero-order chi connectivity index (χ0) is 8.55. The van der Waals surface area contributed by atoms with Crippen LogP contribution in [0.25, 0.3) is 5.65 Å². The van der Waals surface area contributed by atoms with E-state index in [1.54, 1.807) is 16.8 Å². The molecular formula is C6H6ClN5. The number of hydrogen-bond donors (Lipinski definition) is 1. The van der Waals surface area contributed by atoms with Crippen LogP contribution in [0, 0.1) is 0 Å². The molecule has 2 aromatic heterocycles. The van der Waals surface area contributed by atoms with Crippen molar-refractivity contribution in [2.75, 3.05) is 0 Å². The molecule has 6 heteroatoms. The van der Waals surface area contributed by atoms with Gasteiger partial charge in [0.25, 0.3) is 0 Å². The van der Waals surface area contributed by atoms with Crippen molar-refractivity contribution in [2.24, 2.45) is 5.73 Å². The highest BCUT2D eigenvalue weighted by Gasteiger charge is 2.03. The number of halogens is 1. The summed E-state index contributed by atoms with van der Waals surface area (Å²) in [7, 11) is 0. The predicted octanol–water partition coefficient (Wildman–Crippen LogP) is 0.236. The molecule has 0 aliphatic heterocycles. The molecule has 2 aromatic rings. The van der Waals surface area contributed by atoms with E-state index in [1.807, 2.05) is 0 Å². The first kappa shape index (κ1) is 7.45. The van der Waals surface area contributed by atoms with Crippen LogP contribution in [0.4, 0.5) is 0 Å². The normalized spacial score (nSPS) is 10.8. The molecule has 0 spiro atoms. The minimum atomic E-state index is 0.335. The summed E-state index contributed by atoms with van der Waals surface area (Å²) < 4.78 is 1.72. The molecule has 0 saturated heterocycles. The molecule has 0 amide bonds. The molecule has 0 bridgehead atoms. The maximum Gasteiger partial charge on any atom is 0.179 e. The summed E-state index contributed by atoms with van der Waals surface area (Å²) in [6.45, 7) is 0.335. The number of nitrogens with zero attached hydrogens (tertiary/aromatic N) is 4. The molecule has 12 heavy (non-hydrogen) atoms. The lowest BCUT2D eigenvalue weighted by Gasteiger charge is -1.94. The third-order valence-electron chi connectivity index (χ3n) is 1.51. The number of nitrogens with two attached hydrogens (primary N) is 1. The van der Waals surface area contributed by atoms with E-state index in [9.17, 15) is 0 Å². The molecule has 2 rings (SSSR count). The largest absolute Gasteiger partial charge is 0.324 e. The summed E-state index contributed by atoms with van der Waals surface area (Å²) in [5.41, 5.74) is 6.08. The van der Waals surface area contributed by atoms with Gasteiger partial charge in [-0.05, 0) is 0 Å². The van der Waals surface area contributed by atoms with E-state index < -0.39 is 0 Å². The molecule has 5 nitrogen and oxygen atoms in total. The third kappa shape index (κ3) is 1.03. The second-order valence-corrected chi connectivity index (χ2v) is 2.65. The second-order valence-electron chi connectivity index (χ2n) is 2.26. The molecule has 0 aromatic carbocycles. The Hall–Kier alpha value is -1.20. The molecular weight excluding hydrogens is 178 g/mol. The van der Waals surface area contributed by atoms with E-state index in [0.29, 0.717) is 23.2 Å². The van der Waals surface area contributed by atoms with Gasteiger partial charge in [0.05, 0.1) is 12.7 Å². The predicted molar refractivity (Wildman–Crippen MR) is 43.7 cm³/mol. The van der Waals surface area contributed by atoms with E-state index >= 15 is 0 Å². The van der Waals surface area contributed by atoms with Crippen LogP contribution in [0.5, 0.6) is 0 Å². The minimum absolute atomic E-state index is 0.335. The van der Waals surface area contributed by atoms with Crippen molar-refractivity contribution in [1.29, 1.82) is 0 Å². The van der Waals surface area contributed by atoms with Crippen LogP contribution in [0.15, 0.2) is 12.4 Å². The fraction of sp³-hybridized carbons (Fsp3) is 0.167. The quantitative estimate of drug-likeness (QED) is 0.688. The van der Waals surface area contributed by atoms with Crippen LogP contribution >= 0.6 is 11.6 Å². The van der Waals surface area contributed by atoms with Crippen LogP contribution in [-0.4, -0.2) is 19.6 Å². The first-order valence-electron chi connectivity index (χ1n) is 3.36. The molecule has 0 atom stereocenters. The van der Waals surface area contributed by atoms with Crippen molar-refractivity contribution in [3.8, 4) is 0 Å². The van der Waals surface area contributed by atoms with Crippen molar-refractivity contribution >= 4 is 17.2 Å². The molecule has 0 radical (unpaired) electrons. The van der Waals surface area contributed by atoms with Gasteiger partial charge < -0.3 is 5.73 Å². The van der Waals surface area contributed by atoms with Crippen LogP contribution in [-0.2, 0) is 6.54 Å². The molecule has 0 saturated carbocycles.